The maximum Gasteiger partial charge on any atom is 0.310 e. The lowest BCUT2D eigenvalue weighted by atomic mass is 9.85. The van der Waals surface area contributed by atoms with Crippen LogP contribution in [0.1, 0.15) is 13.3 Å². The minimum Gasteiger partial charge on any atom is -0.469 e. The van der Waals surface area contributed by atoms with E-state index < -0.39 is 0 Å². The zero-order valence-corrected chi connectivity index (χ0v) is 15.4. The average Bonchev–Trinajstić information content (AvgIpc) is 3.32. The van der Waals surface area contributed by atoms with Gasteiger partial charge in [0.25, 0.3) is 0 Å². The third kappa shape index (κ3) is 3.20. The topological polar surface area (TPSA) is 100 Å². The number of carbonyl (C=O) groups excluding carboxylic acids is 3. The van der Waals surface area contributed by atoms with Gasteiger partial charge in [-0.05, 0) is 18.3 Å². The van der Waals surface area contributed by atoms with Crippen LogP contribution in [0.25, 0.3) is 0 Å². The molecule has 0 spiro atoms. The van der Waals surface area contributed by atoms with Crippen LogP contribution < -0.4 is 10.6 Å². The number of nitrogens with zero attached hydrogens (tertiary/aromatic N) is 2. The van der Waals surface area contributed by atoms with Crippen LogP contribution in [-0.2, 0) is 19.1 Å². The molecule has 0 aromatic heterocycles. The lowest BCUT2D eigenvalue weighted by Crippen LogP contribution is -2.45. The van der Waals surface area contributed by atoms with E-state index in [9.17, 15) is 14.4 Å². The van der Waals surface area contributed by atoms with Crippen LogP contribution in [0.3, 0.4) is 0 Å². The number of carbonyl (C=O) groups is 3. The van der Waals surface area contributed by atoms with E-state index in [-0.39, 0.29) is 47.4 Å². The molecule has 2 fully saturated rings. The maximum absolute atomic E-state index is 12.6. The van der Waals surface area contributed by atoms with Crippen LogP contribution in [-0.4, -0.2) is 62.4 Å². The van der Waals surface area contributed by atoms with E-state index in [4.69, 9.17) is 0 Å². The van der Waals surface area contributed by atoms with Gasteiger partial charge in [-0.15, -0.1) is 0 Å². The number of amides is 2. The summed E-state index contributed by atoms with van der Waals surface area (Å²) in [4.78, 5) is 42.1. The Bertz CT molecular complexity index is 630. The molecule has 1 saturated heterocycles. The molecule has 0 radical (unpaired) electrons. The summed E-state index contributed by atoms with van der Waals surface area (Å²) in [7, 11) is 2.98. The highest BCUT2D eigenvalue weighted by molar-refractivity contribution is 6.06. The fourth-order valence-electron chi connectivity index (χ4n) is 4.23. The molecule has 3 rings (SSSR count). The normalized spacial score (nSPS) is 30.6. The zero-order valence-electron chi connectivity index (χ0n) is 15.4. The second-order valence-corrected chi connectivity index (χ2v) is 7.13. The molecule has 1 heterocycles. The molecule has 26 heavy (non-hydrogen) atoms. The van der Waals surface area contributed by atoms with Gasteiger partial charge in [0.05, 0.1) is 24.9 Å². The Balaban J connectivity index is 1.47. The summed E-state index contributed by atoms with van der Waals surface area (Å²) in [6.45, 7) is 2.87. The molecule has 1 aliphatic heterocycles. The quantitative estimate of drug-likeness (QED) is 0.223. The van der Waals surface area contributed by atoms with Crippen molar-refractivity contribution in [3.8, 4) is 0 Å². The fraction of sp³-hybridized carbons (Fsp3) is 0.667. The standard InChI is InChI=1S/C18H26N4O4/c1-10(17(25)26-3)9-21-18(19-2)20-6-7-22-15(23)13-11-4-5-12(8-11)14(13)16(22)24/h4-5,10-14H,6-9H2,1-3H3,(H2,19,20,21). The van der Waals surface area contributed by atoms with Crippen LogP contribution in [0.5, 0.6) is 0 Å². The van der Waals surface area contributed by atoms with Crippen molar-refractivity contribution in [2.45, 2.75) is 13.3 Å². The van der Waals surface area contributed by atoms with Gasteiger partial charge in [0.15, 0.2) is 5.96 Å². The first kappa shape index (κ1) is 18.4. The minimum absolute atomic E-state index is 0.0408. The molecule has 2 aliphatic carbocycles. The number of methoxy groups -OCH3 is 1. The van der Waals surface area contributed by atoms with Crippen LogP contribution in [0.15, 0.2) is 17.1 Å². The molecule has 8 heteroatoms. The van der Waals surface area contributed by atoms with Crippen LogP contribution in [0.2, 0.25) is 0 Å². The Labute approximate surface area is 153 Å². The molecule has 2 N–H and O–H groups in total. The van der Waals surface area contributed by atoms with Gasteiger partial charge in [0.1, 0.15) is 0 Å². The summed E-state index contributed by atoms with van der Waals surface area (Å²) in [5, 5.41) is 6.11. The van der Waals surface area contributed by atoms with Crippen molar-refractivity contribution in [2.24, 2.45) is 34.6 Å². The monoisotopic (exact) mass is 362 g/mol. The van der Waals surface area contributed by atoms with Crippen molar-refractivity contribution in [3.63, 3.8) is 0 Å². The third-order valence-electron chi connectivity index (χ3n) is 5.59. The number of guanidine groups is 1. The van der Waals surface area contributed by atoms with Crippen molar-refractivity contribution in [3.05, 3.63) is 12.2 Å². The van der Waals surface area contributed by atoms with Crippen LogP contribution in [0, 0.1) is 29.6 Å². The first-order chi connectivity index (χ1) is 12.5. The minimum atomic E-state index is -0.303. The van der Waals surface area contributed by atoms with Gasteiger partial charge < -0.3 is 15.4 Å². The molecular formula is C18H26N4O4. The number of hydrogen-bond acceptors (Lipinski definition) is 5. The highest BCUT2D eigenvalue weighted by atomic mass is 16.5. The number of likely N-dealkylation sites (tertiary alicyclic amines) is 1. The molecule has 0 aromatic carbocycles. The van der Waals surface area contributed by atoms with Crippen molar-refractivity contribution >= 4 is 23.7 Å². The van der Waals surface area contributed by atoms with E-state index in [1.165, 1.54) is 12.0 Å². The van der Waals surface area contributed by atoms with Crippen LogP contribution in [0.4, 0.5) is 0 Å². The van der Waals surface area contributed by atoms with Crippen LogP contribution >= 0.6 is 0 Å². The summed E-state index contributed by atoms with van der Waals surface area (Å²) in [6, 6.07) is 0. The predicted octanol–water partition coefficient (Wildman–Crippen LogP) is -0.232. The molecule has 142 valence electrons. The number of imide groups is 1. The van der Waals surface area contributed by atoms with Crippen molar-refractivity contribution < 1.29 is 19.1 Å². The zero-order chi connectivity index (χ0) is 18.8. The van der Waals surface area contributed by atoms with E-state index in [1.54, 1.807) is 14.0 Å². The van der Waals surface area contributed by atoms with E-state index in [0.717, 1.165) is 6.42 Å². The molecule has 0 aromatic rings. The Hall–Kier alpha value is -2.38. The fourth-order valence-corrected chi connectivity index (χ4v) is 4.23. The number of esters is 1. The first-order valence-corrected chi connectivity index (χ1v) is 9.03. The Morgan fingerprint density at radius 2 is 1.88 bits per heavy atom. The van der Waals surface area contributed by atoms with E-state index in [0.29, 0.717) is 25.6 Å². The van der Waals surface area contributed by atoms with E-state index >= 15 is 0 Å². The molecule has 5 atom stereocenters. The van der Waals surface area contributed by atoms with Crippen molar-refractivity contribution in [1.29, 1.82) is 0 Å². The van der Waals surface area contributed by atoms with Crippen molar-refractivity contribution in [1.82, 2.24) is 15.5 Å². The third-order valence-corrected chi connectivity index (χ3v) is 5.59. The second-order valence-electron chi connectivity index (χ2n) is 7.13. The molecule has 2 bridgehead atoms. The Kier molecular flexibility index (Phi) is 5.29. The summed E-state index contributed by atoms with van der Waals surface area (Å²) in [5.74, 6) is -0.0174. The van der Waals surface area contributed by atoms with Gasteiger partial charge in [-0.1, -0.05) is 19.1 Å². The lowest BCUT2D eigenvalue weighted by molar-refractivity contribution is -0.144. The van der Waals surface area contributed by atoms with Crippen molar-refractivity contribution in [2.75, 3.05) is 33.8 Å². The van der Waals surface area contributed by atoms with Gasteiger partial charge in [-0.25, -0.2) is 0 Å². The largest absolute Gasteiger partial charge is 0.469 e. The SMILES string of the molecule is CN=C(NCCN1C(=O)C2C3C=CC(C3)C2C1=O)NCC(C)C(=O)OC. The summed E-state index contributed by atoms with van der Waals surface area (Å²) in [6.07, 6.45) is 5.12. The van der Waals surface area contributed by atoms with E-state index in [1.807, 2.05) is 0 Å². The average molecular weight is 362 g/mol. The van der Waals surface area contributed by atoms with Gasteiger partial charge in [-0.3, -0.25) is 24.3 Å². The summed E-state index contributed by atoms with van der Waals surface area (Å²) in [5.41, 5.74) is 0. The Morgan fingerprint density at radius 3 is 2.42 bits per heavy atom. The van der Waals surface area contributed by atoms with Gasteiger partial charge in [0.2, 0.25) is 11.8 Å². The lowest BCUT2D eigenvalue weighted by Gasteiger charge is -2.19. The number of nitrogens with one attached hydrogen (secondary N) is 2. The molecule has 2 amide bonds. The number of hydrogen-bond donors (Lipinski definition) is 2. The van der Waals surface area contributed by atoms with E-state index in [2.05, 4.69) is 32.5 Å². The predicted molar refractivity (Wildman–Crippen MR) is 95.0 cm³/mol. The number of allylic oxidation sites excluding steroid dienone is 2. The smallest absolute Gasteiger partial charge is 0.310 e. The second kappa shape index (κ2) is 7.47. The maximum atomic E-state index is 12.6. The molecular weight excluding hydrogens is 336 g/mol. The summed E-state index contributed by atoms with van der Waals surface area (Å²) >= 11 is 0. The number of fused-ring (bicyclic) bond motifs is 5. The Morgan fingerprint density at radius 1 is 1.27 bits per heavy atom. The molecule has 3 aliphatic rings. The number of rotatable bonds is 6. The molecule has 5 unspecified atom stereocenters. The van der Waals surface area contributed by atoms with Gasteiger partial charge >= 0.3 is 5.97 Å². The highest BCUT2D eigenvalue weighted by Gasteiger charge is 2.58. The van der Waals surface area contributed by atoms with Gasteiger partial charge in [0, 0.05) is 26.7 Å². The highest BCUT2D eigenvalue weighted by Crippen LogP contribution is 2.52. The summed E-state index contributed by atoms with van der Waals surface area (Å²) < 4.78 is 4.68. The first-order valence-electron chi connectivity index (χ1n) is 9.03. The number of aliphatic imine (C=N–C) groups is 1. The number of ether oxygens (including phenoxy) is 1. The van der Waals surface area contributed by atoms with Gasteiger partial charge in [-0.2, -0.15) is 0 Å². The molecule has 8 nitrogen and oxygen atoms in total. The molecule has 1 saturated carbocycles.